The summed E-state index contributed by atoms with van der Waals surface area (Å²) in [4.78, 5) is 26.1. The highest BCUT2D eigenvalue weighted by Crippen LogP contribution is 2.41. The molecule has 2 aromatic carbocycles. The van der Waals surface area contributed by atoms with Crippen molar-refractivity contribution in [2.45, 2.75) is 30.1 Å². The molecule has 0 saturated heterocycles. The molecule has 0 aliphatic heterocycles. The fourth-order valence-electron chi connectivity index (χ4n) is 3.37. The second-order valence-corrected chi connectivity index (χ2v) is 8.86. The number of anilines is 1. The van der Waals surface area contributed by atoms with Crippen LogP contribution >= 0.6 is 11.8 Å². The average molecular weight is 490 g/mol. The molecule has 0 radical (unpaired) electrons. The van der Waals surface area contributed by atoms with Crippen LogP contribution in [0.2, 0.25) is 0 Å². The third-order valence-electron chi connectivity index (χ3n) is 5.25. The summed E-state index contributed by atoms with van der Waals surface area (Å²) in [7, 11) is 1.43. The van der Waals surface area contributed by atoms with E-state index in [4.69, 9.17) is 0 Å². The summed E-state index contributed by atoms with van der Waals surface area (Å²) in [5.74, 6) is 0.125. The first-order valence-electron chi connectivity index (χ1n) is 10.6. The number of nitrogens with zero attached hydrogens (tertiary/aromatic N) is 4. The van der Waals surface area contributed by atoms with Crippen LogP contribution < -0.4 is 5.32 Å². The SMILES string of the molecule is CN(CC(=O)Nc1ccccc1C(F)(F)F)C(=O)CSc1nnc(C2CC2)n1-c1ccccc1. The number of alkyl halides is 3. The van der Waals surface area contributed by atoms with E-state index in [2.05, 4.69) is 15.5 Å². The number of amides is 2. The number of hydrogen-bond acceptors (Lipinski definition) is 5. The van der Waals surface area contributed by atoms with Gasteiger partial charge in [0.2, 0.25) is 11.8 Å². The maximum Gasteiger partial charge on any atom is 0.418 e. The number of hydrogen-bond donors (Lipinski definition) is 1. The number of nitrogens with one attached hydrogen (secondary N) is 1. The molecule has 0 atom stereocenters. The molecule has 1 N–H and O–H groups in total. The van der Waals surface area contributed by atoms with Gasteiger partial charge in [-0.2, -0.15) is 13.2 Å². The monoisotopic (exact) mass is 489 g/mol. The number of halogens is 3. The van der Waals surface area contributed by atoms with E-state index in [1.807, 2.05) is 34.9 Å². The van der Waals surface area contributed by atoms with E-state index in [-0.39, 0.29) is 23.9 Å². The first-order valence-corrected chi connectivity index (χ1v) is 11.6. The maximum atomic E-state index is 13.1. The molecule has 178 valence electrons. The molecule has 1 aliphatic rings. The van der Waals surface area contributed by atoms with Gasteiger partial charge >= 0.3 is 6.18 Å². The molecule has 7 nitrogen and oxygen atoms in total. The lowest BCUT2D eigenvalue weighted by atomic mass is 10.1. The summed E-state index contributed by atoms with van der Waals surface area (Å²) in [5, 5.41) is 11.4. The third kappa shape index (κ3) is 5.58. The average Bonchev–Trinajstić information content (AvgIpc) is 3.56. The first-order chi connectivity index (χ1) is 16.2. The summed E-state index contributed by atoms with van der Waals surface area (Å²) in [6, 6.07) is 14.3. The summed E-state index contributed by atoms with van der Waals surface area (Å²) in [6.07, 6.45) is -2.51. The number of carbonyl (C=O) groups is 2. The Morgan fingerprint density at radius 3 is 2.44 bits per heavy atom. The Labute approximate surface area is 198 Å². The number of benzene rings is 2. The van der Waals surface area contributed by atoms with Crippen LogP contribution in [0.1, 0.15) is 30.1 Å². The van der Waals surface area contributed by atoms with Gasteiger partial charge in [0.25, 0.3) is 0 Å². The molecule has 1 saturated carbocycles. The van der Waals surface area contributed by atoms with Crippen LogP contribution in [0, 0.1) is 0 Å². The fourth-order valence-corrected chi connectivity index (χ4v) is 4.27. The molecule has 1 aliphatic carbocycles. The number of para-hydroxylation sites is 2. The Kier molecular flexibility index (Phi) is 6.92. The molecule has 1 heterocycles. The minimum atomic E-state index is -4.60. The van der Waals surface area contributed by atoms with Gasteiger partial charge in [0.05, 0.1) is 23.5 Å². The molecule has 1 aromatic heterocycles. The highest BCUT2D eigenvalue weighted by molar-refractivity contribution is 7.99. The first kappa shape index (κ1) is 23.8. The molecular weight excluding hydrogens is 467 g/mol. The van der Waals surface area contributed by atoms with Gasteiger partial charge in [-0.05, 0) is 37.1 Å². The second-order valence-electron chi connectivity index (χ2n) is 7.92. The Morgan fingerprint density at radius 1 is 1.09 bits per heavy atom. The van der Waals surface area contributed by atoms with E-state index >= 15 is 0 Å². The van der Waals surface area contributed by atoms with Gasteiger partial charge in [-0.15, -0.1) is 10.2 Å². The van der Waals surface area contributed by atoms with Crippen molar-refractivity contribution in [3.63, 3.8) is 0 Å². The Balaban J connectivity index is 1.38. The molecule has 34 heavy (non-hydrogen) atoms. The van der Waals surface area contributed by atoms with E-state index < -0.39 is 17.6 Å². The lowest BCUT2D eigenvalue weighted by Gasteiger charge is -2.18. The summed E-state index contributed by atoms with van der Waals surface area (Å²) in [5.41, 5.74) is -0.390. The van der Waals surface area contributed by atoms with Crippen molar-refractivity contribution in [3.8, 4) is 5.69 Å². The van der Waals surface area contributed by atoms with Crippen LogP contribution in [-0.2, 0) is 15.8 Å². The van der Waals surface area contributed by atoms with Crippen LogP contribution in [0.5, 0.6) is 0 Å². The van der Waals surface area contributed by atoms with Gasteiger partial charge in [0, 0.05) is 18.7 Å². The number of carbonyl (C=O) groups excluding carboxylic acids is 2. The fraction of sp³-hybridized carbons (Fsp3) is 0.304. The van der Waals surface area contributed by atoms with Gasteiger partial charge in [-0.25, -0.2) is 0 Å². The van der Waals surface area contributed by atoms with E-state index in [0.717, 1.165) is 30.4 Å². The highest BCUT2D eigenvalue weighted by Gasteiger charge is 2.34. The van der Waals surface area contributed by atoms with E-state index in [1.165, 1.54) is 41.9 Å². The summed E-state index contributed by atoms with van der Waals surface area (Å²) >= 11 is 1.20. The summed E-state index contributed by atoms with van der Waals surface area (Å²) < 4.78 is 41.3. The molecule has 11 heteroatoms. The number of likely N-dealkylation sites (N-methyl/N-ethyl adjacent to an activating group) is 1. The minimum Gasteiger partial charge on any atom is -0.336 e. The Bertz CT molecular complexity index is 1180. The van der Waals surface area contributed by atoms with Crippen LogP contribution in [0.25, 0.3) is 5.69 Å². The normalized spacial score (nSPS) is 13.5. The largest absolute Gasteiger partial charge is 0.418 e. The standard InChI is InChI=1S/C23H22F3N5O2S/c1-30(13-19(32)27-18-10-6-5-9-17(18)23(24,25)26)20(33)14-34-22-29-28-21(15-11-12-15)31(22)16-7-3-2-4-8-16/h2-10,15H,11-14H2,1H3,(H,27,32). The topological polar surface area (TPSA) is 80.1 Å². The molecule has 4 rings (SSSR count). The Morgan fingerprint density at radius 2 is 1.76 bits per heavy atom. The van der Waals surface area contributed by atoms with E-state index in [1.54, 1.807) is 0 Å². The van der Waals surface area contributed by atoms with Crippen molar-refractivity contribution in [2.24, 2.45) is 0 Å². The molecule has 0 bridgehead atoms. The van der Waals surface area contributed by atoms with Crippen molar-refractivity contribution >= 4 is 29.3 Å². The molecule has 0 unspecified atom stereocenters. The summed E-state index contributed by atoms with van der Waals surface area (Å²) in [6.45, 7) is -0.385. The van der Waals surface area contributed by atoms with Gasteiger partial charge in [0.1, 0.15) is 5.82 Å². The van der Waals surface area contributed by atoms with Crippen molar-refractivity contribution in [3.05, 3.63) is 66.0 Å². The van der Waals surface area contributed by atoms with E-state index in [0.29, 0.717) is 11.1 Å². The van der Waals surface area contributed by atoms with Crippen molar-refractivity contribution in [1.82, 2.24) is 19.7 Å². The lowest BCUT2D eigenvalue weighted by Crippen LogP contribution is -2.36. The highest BCUT2D eigenvalue weighted by atomic mass is 32.2. The van der Waals surface area contributed by atoms with Gasteiger partial charge in [-0.3, -0.25) is 14.2 Å². The molecule has 0 spiro atoms. The molecule has 1 fully saturated rings. The zero-order valence-electron chi connectivity index (χ0n) is 18.2. The smallest absolute Gasteiger partial charge is 0.336 e. The van der Waals surface area contributed by atoms with Gasteiger partial charge < -0.3 is 10.2 Å². The lowest BCUT2D eigenvalue weighted by molar-refractivity contribution is -0.137. The van der Waals surface area contributed by atoms with Gasteiger partial charge in [0.15, 0.2) is 5.16 Å². The van der Waals surface area contributed by atoms with Crippen LogP contribution in [-0.4, -0.2) is 50.8 Å². The molecule has 2 amide bonds. The number of aromatic nitrogens is 3. The third-order valence-corrected chi connectivity index (χ3v) is 6.17. The zero-order chi connectivity index (χ0) is 24.3. The molecule has 3 aromatic rings. The minimum absolute atomic E-state index is 0.00144. The van der Waals surface area contributed by atoms with Crippen LogP contribution in [0.3, 0.4) is 0 Å². The molecular formula is C23H22F3N5O2S. The van der Waals surface area contributed by atoms with E-state index in [9.17, 15) is 22.8 Å². The number of thioether (sulfide) groups is 1. The van der Waals surface area contributed by atoms with Crippen molar-refractivity contribution in [1.29, 1.82) is 0 Å². The number of rotatable bonds is 8. The van der Waals surface area contributed by atoms with Crippen molar-refractivity contribution in [2.75, 3.05) is 24.7 Å². The predicted octanol–water partition coefficient (Wildman–Crippen LogP) is 4.35. The Hall–Kier alpha value is -3.34. The second kappa shape index (κ2) is 9.88. The predicted molar refractivity (Wildman–Crippen MR) is 122 cm³/mol. The zero-order valence-corrected chi connectivity index (χ0v) is 19.1. The van der Waals surface area contributed by atoms with Crippen molar-refractivity contribution < 1.29 is 22.8 Å². The van der Waals surface area contributed by atoms with Crippen LogP contribution in [0.4, 0.5) is 18.9 Å². The van der Waals surface area contributed by atoms with Gasteiger partial charge in [-0.1, -0.05) is 42.1 Å². The quantitative estimate of drug-likeness (QED) is 0.476. The van der Waals surface area contributed by atoms with Crippen LogP contribution in [0.15, 0.2) is 59.8 Å². The maximum absolute atomic E-state index is 13.1.